The molecule has 0 N–H and O–H groups in total. The molecule has 0 saturated carbocycles. The summed E-state index contributed by atoms with van der Waals surface area (Å²) in [4.78, 5) is 12.3. The highest BCUT2D eigenvalue weighted by Crippen LogP contribution is 2.33. The maximum atomic E-state index is 12.3. The molecule has 0 aliphatic carbocycles. The number of halogens is 1. The van der Waals surface area contributed by atoms with Gasteiger partial charge in [-0.2, -0.15) is 0 Å². The molecule has 0 fully saturated rings. The predicted molar refractivity (Wildman–Crippen MR) is 136 cm³/mol. The van der Waals surface area contributed by atoms with Crippen LogP contribution < -0.4 is 9.47 Å². The minimum absolute atomic E-state index is 0.128. The molecule has 0 saturated heterocycles. The Bertz CT molecular complexity index is 1220. The predicted octanol–water partition coefficient (Wildman–Crippen LogP) is 7.43. The number of ether oxygens (including phenoxy) is 2. The lowest BCUT2D eigenvalue weighted by molar-refractivity contribution is -0.136. The molecule has 0 amide bonds. The van der Waals surface area contributed by atoms with E-state index in [1.807, 2.05) is 84.9 Å². The van der Waals surface area contributed by atoms with Crippen LogP contribution in [0.1, 0.15) is 25.0 Å². The normalized spacial score (nSPS) is 11.1. The van der Waals surface area contributed by atoms with Crippen LogP contribution >= 0.6 is 15.9 Å². The highest BCUT2D eigenvalue weighted by Gasteiger charge is 2.22. The van der Waals surface area contributed by atoms with Crippen molar-refractivity contribution in [1.82, 2.24) is 0 Å². The van der Waals surface area contributed by atoms with Crippen molar-refractivity contribution in [2.24, 2.45) is 0 Å². The first kappa shape index (κ1) is 22.8. The SMILES string of the molecule is CC(C)(c1ccccc1)c1ccc(OCC(=O)Oc2ccc(-c3ccccc3)cc2Br)cc1. The van der Waals surface area contributed by atoms with Crippen molar-refractivity contribution in [3.63, 3.8) is 0 Å². The lowest BCUT2D eigenvalue weighted by atomic mass is 9.78. The molecule has 4 aromatic carbocycles. The molecule has 4 aromatic rings. The van der Waals surface area contributed by atoms with Gasteiger partial charge < -0.3 is 9.47 Å². The Labute approximate surface area is 203 Å². The summed E-state index contributed by atoms with van der Waals surface area (Å²) in [5.74, 6) is 0.623. The third-order valence-electron chi connectivity index (χ3n) is 5.69. The molecule has 0 spiro atoms. The maximum Gasteiger partial charge on any atom is 0.349 e. The summed E-state index contributed by atoms with van der Waals surface area (Å²) in [5.41, 5.74) is 4.42. The zero-order valence-corrected chi connectivity index (χ0v) is 20.2. The van der Waals surface area contributed by atoms with Gasteiger partial charge in [-0.15, -0.1) is 0 Å². The third kappa shape index (κ3) is 5.52. The van der Waals surface area contributed by atoms with Crippen molar-refractivity contribution in [3.05, 3.63) is 119 Å². The Morgan fingerprint density at radius 3 is 2.00 bits per heavy atom. The molecule has 0 aliphatic heterocycles. The highest BCUT2D eigenvalue weighted by atomic mass is 79.9. The summed E-state index contributed by atoms with van der Waals surface area (Å²) in [6, 6.07) is 33.9. The Morgan fingerprint density at radius 2 is 1.36 bits per heavy atom. The number of rotatable bonds is 7. The average molecular weight is 501 g/mol. The number of benzene rings is 4. The summed E-state index contributed by atoms with van der Waals surface area (Å²) in [5, 5.41) is 0. The van der Waals surface area contributed by atoms with Gasteiger partial charge >= 0.3 is 5.97 Å². The molecule has 0 aromatic heterocycles. The molecule has 3 nitrogen and oxygen atoms in total. The Balaban J connectivity index is 1.35. The molecule has 166 valence electrons. The van der Waals surface area contributed by atoms with Gasteiger partial charge in [0.05, 0.1) is 4.47 Å². The lowest BCUT2D eigenvalue weighted by Gasteiger charge is -2.26. The van der Waals surface area contributed by atoms with Crippen LogP contribution in [0.4, 0.5) is 0 Å². The smallest absolute Gasteiger partial charge is 0.349 e. The first-order chi connectivity index (χ1) is 15.9. The van der Waals surface area contributed by atoms with Gasteiger partial charge in [-0.1, -0.05) is 92.7 Å². The number of hydrogen-bond donors (Lipinski definition) is 0. The van der Waals surface area contributed by atoms with Gasteiger partial charge in [-0.3, -0.25) is 0 Å². The molecule has 0 aliphatic rings. The average Bonchev–Trinajstić information content (AvgIpc) is 2.85. The van der Waals surface area contributed by atoms with Gasteiger partial charge in [0.2, 0.25) is 0 Å². The van der Waals surface area contributed by atoms with Gasteiger partial charge in [-0.05, 0) is 62.4 Å². The first-order valence-electron chi connectivity index (χ1n) is 10.8. The van der Waals surface area contributed by atoms with E-state index in [1.54, 1.807) is 6.07 Å². The number of carbonyl (C=O) groups excluding carboxylic acids is 1. The third-order valence-corrected chi connectivity index (χ3v) is 6.31. The largest absolute Gasteiger partial charge is 0.482 e. The van der Waals surface area contributed by atoms with E-state index in [2.05, 4.69) is 41.9 Å². The van der Waals surface area contributed by atoms with Crippen molar-refractivity contribution in [2.45, 2.75) is 19.3 Å². The Kier molecular flexibility index (Phi) is 6.95. The number of hydrogen-bond acceptors (Lipinski definition) is 3. The van der Waals surface area contributed by atoms with E-state index in [9.17, 15) is 4.79 Å². The standard InChI is InChI=1S/C29H25BrO3/c1-29(2,23-11-7-4-8-12-23)24-14-16-25(17-15-24)32-20-28(31)33-27-18-13-22(19-26(27)30)21-9-5-3-6-10-21/h3-19H,20H2,1-2H3. The van der Waals surface area contributed by atoms with Crippen molar-refractivity contribution in [2.75, 3.05) is 6.61 Å². The van der Waals surface area contributed by atoms with Crippen LogP contribution in [-0.2, 0) is 10.2 Å². The van der Waals surface area contributed by atoms with Gasteiger partial charge in [0, 0.05) is 5.41 Å². The van der Waals surface area contributed by atoms with Crippen LogP contribution in [0.3, 0.4) is 0 Å². The molecule has 0 atom stereocenters. The van der Waals surface area contributed by atoms with Gasteiger partial charge in [0.25, 0.3) is 0 Å². The highest BCUT2D eigenvalue weighted by molar-refractivity contribution is 9.10. The summed E-state index contributed by atoms with van der Waals surface area (Å²) in [6.07, 6.45) is 0. The second-order valence-electron chi connectivity index (χ2n) is 8.29. The Hall–Kier alpha value is -3.37. The van der Waals surface area contributed by atoms with E-state index in [0.717, 1.165) is 11.1 Å². The van der Waals surface area contributed by atoms with Crippen molar-refractivity contribution in [3.8, 4) is 22.6 Å². The summed E-state index contributed by atoms with van der Waals surface area (Å²) >= 11 is 3.50. The number of carbonyl (C=O) groups is 1. The summed E-state index contributed by atoms with van der Waals surface area (Å²) in [7, 11) is 0. The van der Waals surface area contributed by atoms with Gasteiger partial charge in [-0.25, -0.2) is 4.79 Å². The molecule has 33 heavy (non-hydrogen) atoms. The molecule has 0 radical (unpaired) electrons. The summed E-state index contributed by atoms with van der Waals surface area (Å²) < 4.78 is 11.9. The monoisotopic (exact) mass is 500 g/mol. The van der Waals surface area contributed by atoms with E-state index in [-0.39, 0.29) is 12.0 Å². The van der Waals surface area contributed by atoms with Crippen LogP contribution in [0.5, 0.6) is 11.5 Å². The molecular weight excluding hydrogens is 476 g/mol. The molecule has 4 rings (SSSR count). The fourth-order valence-electron chi connectivity index (χ4n) is 3.68. The van der Waals surface area contributed by atoms with Gasteiger partial charge in [0.15, 0.2) is 6.61 Å². The maximum absolute atomic E-state index is 12.3. The molecule has 0 heterocycles. The quantitative estimate of drug-likeness (QED) is 0.195. The zero-order chi connectivity index (χ0) is 23.3. The summed E-state index contributed by atoms with van der Waals surface area (Å²) in [6.45, 7) is 4.21. The second kappa shape index (κ2) is 10.1. The topological polar surface area (TPSA) is 35.5 Å². The van der Waals surface area contributed by atoms with Crippen molar-refractivity contribution in [1.29, 1.82) is 0 Å². The minimum atomic E-state index is -0.461. The van der Waals surface area contributed by atoms with Crippen LogP contribution in [0.25, 0.3) is 11.1 Å². The number of esters is 1. The van der Waals surface area contributed by atoms with Crippen LogP contribution in [0.2, 0.25) is 0 Å². The second-order valence-corrected chi connectivity index (χ2v) is 9.14. The van der Waals surface area contributed by atoms with E-state index < -0.39 is 5.97 Å². The van der Waals surface area contributed by atoms with Gasteiger partial charge in [0.1, 0.15) is 11.5 Å². The van der Waals surface area contributed by atoms with Crippen LogP contribution in [-0.4, -0.2) is 12.6 Å². The lowest BCUT2D eigenvalue weighted by Crippen LogP contribution is -2.19. The molecule has 0 bridgehead atoms. The van der Waals surface area contributed by atoms with E-state index in [1.165, 1.54) is 11.1 Å². The minimum Gasteiger partial charge on any atom is -0.482 e. The Morgan fingerprint density at radius 1 is 0.758 bits per heavy atom. The molecule has 4 heteroatoms. The fraction of sp³-hybridized carbons (Fsp3) is 0.138. The van der Waals surface area contributed by atoms with E-state index >= 15 is 0 Å². The van der Waals surface area contributed by atoms with E-state index in [4.69, 9.17) is 9.47 Å². The molecule has 0 unspecified atom stereocenters. The molecular formula is C29H25BrO3. The van der Waals surface area contributed by atoms with Crippen molar-refractivity contribution >= 4 is 21.9 Å². The zero-order valence-electron chi connectivity index (χ0n) is 18.6. The van der Waals surface area contributed by atoms with Crippen molar-refractivity contribution < 1.29 is 14.3 Å². The van der Waals surface area contributed by atoms with Crippen LogP contribution in [0, 0.1) is 0 Å². The first-order valence-corrected chi connectivity index (χ1v) is 11.6. The fourth-order valence-corrected chi connectivity index (χ4v) is 4.14. The van der Waals surface area contributed by atoms with Crippen LogP contribution in [0.15, 0.2) is 108 Å². The van der Waals surface area contributed by atoms with E-state index in [0.29, 0.717) is 16.0 Å².